The molecular formula is C30H30N4O2. The van der Waals surface area contributed by atoms with Crippen LogP contribution in [0, 0.1) is 0 Å². The zero-order chi connectivity index (χ0) is 25.2. The summed E-state index contributed by atoms with van der Waals surface area (Å²) in [5.41, 5.74) is 6.69. The predicted octanol–water partition coefficient (Wildman–Crippen LogP) is 5.15. The summed E-state index contributed by atoms with van der Waals surface area (Å²) in [7, 11) is 3.98. The monoisotopic (exact) mass is 478 g/mol. The van der Waals surface area contributed by atoms with Crippen molar-refractivity contribution >= 4 is 23.1 Å². The van der Waals surface area contributed by atoms with Gasteiger partial charge >= 0.3 is 0 Å². The molecular weight excluding hydrogens is 448 g/mol. The van der Waals surface area contributed by atoms with Crippen LogP contribution >= 0.6 is 0 Å². The van der Waals surface area contributed by atoms with Gasteiger partial charge in [-0.25, -0.2) is 0 Å². The number of carbonyl (C=O) groups is 2. The van der Waals surface area contributed by atoms with Gasteiger partial charge in [0.2, 0.25) is 0 Å². The summed E-state index contributed by atoms with van der Waals surface area (Å²) < 4.78 is 0. The van der Waals surface area contributed by atoms with E-state index in [1.165, 1.54) is 0 Å². The summed E-state index contributed by atoms with van der Waals surface area (Å²) in [6, 6.07) is 21.9. The van der Waals surface area contributed by atoms with Crippen molar-refractivity contribution in [1.29, 1.82) is 0 Å². The lowest BCUT2D eigenvalue weighted by Gasteiger charge is -2.37. The molecule has 0 saturated heterocycles. The first kappa shape index (κ1) is 23.5. The minimum atomic E-state index is -0.446. The van der Waals surface area contributed by atoms with Crippen molar-refractivity contribution in [3.8, 4) is 0 Å². The van der Waals surface area contributed by atoms with Gasteiger partial charge in [0.25, 0.3) is 5.91 Å². The van der Waals surface area contributed by atoms with Gasteiger partial charge in [-0.05, 0) is 54.7 Å². The lowest BCUT2D eigenvalue weighted by atomic mass is 9.71. The Morgan fingerprint density at radius 3 is 2.39 bits per heavy atom. The fraction of sp³-hybridized carbons (Fsp3) is 0.233. The molecule has 2 atom stereocenters. The molecule has 2 unspecified atom stereocenters. The zero-order valence-electron chi connectivity index (χ0n) is 20.8. The lowest BCUT2D eigenvalue weighted by Crippen LogP contribution is -2.37. The molecule has 3 aromatic rings. The molecule has 6 heteroatoms. The lowest BCUT2D eigenvalue weighted by molar-refractivity contribution is -0.116. The van der Waals surface area contributed by atoms with Crippen LogP contribution in [0.25, 0.3) is 0 Å². The van der Waals surface area contributed by atoms with Crippen molar-refractivity contribution in [2.45, 2.75) is 31.6 Å². The molecule has 2 heterocycles. The van der Waals surface area contributed by atoms with E-state index in [0.717, 1.165) is 34.6 Å². The van der Waals surface area contributed by atoms with E-state index in [9.17, 15) is 9.59 Å². The Labute approximate surface area is 211 Å². The number of hydrogen-bond acceptors (Lipinski definition) is 5. The summed E-state index contributed by atoms with van der Waals surface area (Å²) >= 11 is 0. The van der Waals surface area contributed by atoms with E-state index in [1.54, 1.807) is 24.5 Å². The van der Waals surface area contributed by atoms with E-state index in [-0.39, 0.29) is 17.6 Å². The van der Waals surface area contributed by atoms with Gasteiger partial charge in [-0.1, -0.05) is 42.5 Å². The quantitative estimate of drug-likeness (QED) is 0.531. The van der Waals surface area contributed by atoms with Crippen LogP contribution in [-0.4, -0.2) is 30.8 Å². The molecule has 5 rings (SSSR count). The number of anilines is 2. The number of nitrogens with one attached hydrogen (secondary N) is 2. The van der Waals surface area contributed by atoms with Crippen molar-refractivity contribution in [3.05, 3.63) is 113 Å². The highest BCUT2D eigenvalue weighted by Gasteiger charge is 2.40. The summed E-state index contributed by atoms with van der Waals surface area (Å²) in [6.07, 6.45) is 4.43. The number of aromatic nitrogens is 1. The second-order valence-corrected chi connectivity index (χ2v) is 9.61. The van der Waals surface area contributed by atoms with E-state index in [1.807, 2.05) is 68.4 Å². The molecule has 2 aromatic carbocycles. The van der Waals surface area contributed by atoms with Crippen LogP contribution in [0.15, 0.2) is 102 Å². The molecule has 182 valence electrons. The Balaban J connectivity index is 1.57. The maximum absolute atomic E-state index is 13.7. The first-order valence-electron chi connectivity index (χ1n) is 12.2. The van der Waals surface area contributed by atoms with Crippen LogP contribution < -0.4 is 15.5 Å². The average Bonchev–Trinajstić information content (AvgIpc) is 2.89. The third-order valence-corrected chi connectivity index (χ3v) is 7.01. The number of pyridine rings is 1. The molecule has 0 saturated carbocycles. The molecule has 0 bridgehead atoms. The molecule has 2 aliphatic rings. The maximum atomic E-state index is 13.7. The first-order valence-corrected chi connectivity index (χ1v) is 12.2. The van der Waals surface area contributed by atoms with Crippen LogP contribution in [0.2, 0.25) is 0 Å². The maximum Gasteiger partial charge on any atom is 0.254 e. The summed E-state index contributed by atoms with van der Waals surface area (Å²) in [6.45, 7) is 1.92. The van der Waals surface area contributed by atoms with Gasteiger partial charge in [-0.3, -0.25) is 14.6 Å². The number of benzene rings is 2. The smallest absolute Gasteiger partial charge is 0.254 e. The largest absolute Gasteiger partial charge is 0.378 e. The number of dihydropyridines is 1. The van der Waals surface area contributed by atoms with E-state index in [2.05, 4.69) is 27.8 Å². The Bertz CT molecular complexity index is 1340. The first-order chi connectivity index (χ1) is 17.4. The SMILES string of the molecule is CC1=C(C(=O)Nc2cccnc2)C(c2ccc(N(C)C)cc2)C2=C(CC(c3ccccc3)CC2=O)N1. The van der Waals surface area contributed by atoms with Gasteiger partial charge < -0.3 is 15.5 Å². The van der Waals surface area contributed by atoms with Crippen molar-refractivity contribution in [2.75, 3.05) is 24.3 Å². The van der Waals surface area contributed by atoms with Crippen LogP contribution in [0.4, 0.5) is 11.4 Å². The normalized spacial score (nSPS) is 19.5. The topological polar surface area (TPSA) is 74.3 Å². The number of nitrogens with zero attached hydrogens (tertiary/aromatic N) is 2. The summed E-state index contributed by atoms with van der Waals surface area (Å²) in [5, 5.41) is 6.42. The Morgan fingerprint density at radius 2 is 1.72 bits per heavy atom. The zero-order valence-corrected chi connectivity index (χ0v) is 20.8. The van der Waals surface area contributed by atoms with Crippen LogP contribution in [0.1, 0.15) is 42.7 Å². The van der Waals surface area contributed by atoms with E-state index < -0.39 is 5.92 Å². The van der Waals surface area contributed by atoms with Gasteiger partial charge in [0.1, 0.15) is 0 Å². The molecule has 1 aliphatic heterocycles. The van der Waals surface area contributed by atoms with Gasteiger partial charge in [-0.2, -0.15) is 0 Å². The highest BCUT2D eigenvalue weighted by atomic mass is 16.2. The Morgan fingerprint density at radius 1 is 0.972 bits per heavy atom. The fourth-order valence-electron chi connectivity index (χ4n) is 5.23. The van der Waals surface area contributed by atoms with E-state index >= 15 is 0 Å². The number of ketones is 1. The van der Waals surface area contributed by atoms with Crippen LogP contribution in [-0.2, 0) is 9.59 Å². The second-order valence-electron chi connectivity index (χ2n) is 9.61. The molecule has 0 radical (unpaired) electrons. The highest BCUT2D eigenvalue weighted by molar-refractivity contribution is 6.10. The highest BCUT2D eigenvalue weighted by Crippen LogP contribution is 2.45. The standard InChI is InChI=1S/C30H30N4O2/c1-19-27(30(36)33-23-10-7-15-31-18-23)28(21-11-13-24(14-12-21)34(2)3)29-25(32-19)16-22(17-26(29)35)20-8-5-4-6-9-20/h4-15,18,22,28,32H,16-17H2,1-3H3,(H,33,36). The van der Waals surface area contributed by atoms with Gasteiger partial charge in [0.05, 0.1) is 11.9 Å². The van der Waals surface area contributed by atoms with Crippen LogP contribution in [0.5, 0.6) is 0 Å². The minimum Gasteiger partial charge on any atom is -0.378 e. The molecule has 1 aliphatic carbocycles. The van der Waals surface area contributed by atoms with Gasteiger partial charge in [0, 0.05) is 60.9 Å². The summed E-state index contributed by atoms with van der Waals surface area (Å²) in [4.78, 5) is 33.5. The van der Waals surface area contributed by atoms with Crippen molar-refractivity contribution < 1.29 is 9.59 Å². The molecule has 2 N–H and O–H groups in total. The van der Waals surface area contributed by atoms with Gasteiger partial charge in [-0.15, -0.1) is 0 Å². The number of allylic oxidation sites excluding steroid dienone is 3. The number of rotatable bonds is 5. The third kappa shape index (κ3) is 4.54. The Kier molecular flexibility index (Phi) is 6.42. The number of carbonyl (C=O) groups excluding carboxylic acids is 2. The van der Waals surface area contributed by atoms with Crippen molar-refractivity contribution in [1.82, 2.24) is 10.3 Å². The van der Waals surface area contributed by atoms with E-state index in [0.29, 0.717) is 23.3 Å². The fourth-order valence-corrected chi connectivity index (χ4v) is 5.23. The Hall–Kier alpha value is -4.19. The van der Waals surface area contributed by atoms with Crippen LogP contribution in [0.3, 0.4) is 0 Å². The molecule has 0 spiro atoms. The molecule has 1 aromatic heterocycles. The minimum absolute atomic E-state index is 0.0819. The van der Waals surface area contributed by atoms with Crippen molar-refractivity contribution in [3.63, 3.8) is 0 Å². The summed E-state index contributed by atoms with van der Waals surface area (Å²) in [5.74, 6) is -0.490. The van der Waals surface area contributed by atoms with E-state index in [4.69, 9.17) is 0 Å². The predicted molar refractivity (Wildman–Crippen MR) is 143 cm³/mol. The van der Waals surface area contributed by atoms with Gasteiger partial charge in [0.15, 0.2) is 5.78 Å². The molecule has 1 amide bonds. The molecule has 36 heavy (non-hydrogen) atoms. The number of Topliss-reactive ketones (excluding diaryl/α,β-unsaturated/α-hetero) is 1. The average molecular weight is 479 g/mol. The number of hydrogen-bond donors (Lipinski definition) is 2. The number of amides is 1. The molecule has 6 nitrogen and oxygen atoms in total. The third-order valence-electron chi connectivity index (χ3n) is 7.01. The molecule has 0 fully saturated rings. The van der Waals surface area contributed by atoms with Crippen molar-refractivity contribution in [2.24, 2.45) is 0 Å². The second kappa shape index (κ2) is 9.82.